The molecule has 0 aliphatic carbocycles. The van der Waals surface area contributed by atoms with Crippen molar-refractivity contribution in [3.05, 3.63) is 35.9 Å². The number of aliphatic hydroxyl groups is 2. The van der Waals surface area contributed by atoms with Crippen LogP contribution in [0, 0.1) is 0 Å². The van der Waals surface area contributed by atoms with Gasteiger partial charge in [0, 0.05) is 25.7 Å². The molecule has 4 nitrogen and oxygen atoms in total. The molecule has 0 unspecified atom stereocenters. The number of aliphatic hydroxyl groups excluding tert-OH is 2. The zero-order chi connectivity index (χ0) is 11.4. The van der Waals surface area contributed by atoms with E-state index < -0.39 is 12.2 Å². The van der Waals surface area contributed by atoms with Gasteiger partial charge in [-0.15, -0.1) is 0 Å². The topological polar surface area (TPSA) is 64.5 Å². The van der Waals surface area contributed by atoms with Crippen LogP contribution in [0.15, 0.2) is 30.3 Å². The molecule has 1 aromatic carbocycles. The van der Waals surface area contributed by atoms with Crippen LogP contribution in [-0.2, 0) is 6.54 Å². The SMILES string of the molecule is O[C@@H]1[C@H](CNCc2ccccc2)NC[C@@H]1O. The van der Waals surface area contributed by atoms with E-state index in [1.54, 1.807) is 0 Å². The van der Waals surface area contributed by atoms with Crippen LogP contribution in [0.3, 0.4) is 0 Å². The van der Waals surface area contributed by atoms with Crippen molar-refractivity contribution < 1.29 is 10.2 Å². The minimum atomic E-state index is -0.664. The van der Waals surface area contributed by atoms with Crippen LogP contribution in [-0.4, -0.2) is 41.6 Å². The van der Waals surface area contributed by atoms with Crippen molar-refractivity contribution in [3.63, 3.8) is 0 Å². The number of hydrogen-bond acceptors (Lipinski definition) is 4. The summed E-state index contributed by atoms with van der Waals surface area (Å²) < 4.78 is 0. The second kappa shape index (κ2) is 5.41. The molecule has 88 valence electrons. The zero-order valence-electron chi connectivity index (χ0n) is 9.13. The first-order chi connectivity index (χ1) is 7.77. The summed E-state index contributed by atoms with van der Waals surface area (Å²) in [7, 11) is 0. The highest BCUT2D eigenvalue weighted by Gasteiger charge is 2.32. The maximum Gasteiger partial charge on any atom is 0.0976 e. The first-order valence-corrected chi connectivity index (χ1v) is 5.61. The molecule has 0 aromatic heterocycles. The van der Waals surface area contributed by atoms with Gasteiger partial charge in [-0.1, -0.05) is 30.3 Å². The van der Waals surface area contributed by atoms with Crippen LogP contribution in [0.2, 0.25) is 0 Å². The van der Waals surface area contributed by atoms with Crippen molar-refractivity contribution in [2.45, 2.75) is 24.8 Å². The lowest BCUT2D eigenvalue weighted by atomic mass is 10.1. The van der Waals surface area contributed by atoms with Gasteiger partial charge in [-0.05, 0) is 5.56 Å². The number of hydrogen-bond donors (Lipinski definition) is 4. The van der Waals surface area contributed by atoms with Gasteiger partial charge in [-0.25, -0.2) is 0 Å². The number of rotatable bonds is 4. The van der Waals surface area contributed by atoms with E-state index in [1.807, 2.05) is 18.2 Å². The molecule has 1 heterocycles. The molecule has 0 bridgehead atoms. The molecular formula is C12H18N2O2. The molecule has 0 amide bonds. The van der Waals surface area contributed by atoms with E-state index in [1.165, 1.54) is 5.56 Å². The van der Waals surface area contributed by atoms with Gasteiger partial charge in [0.1, 0.15) is 0 Å². The normalized spacial score (nSPS) is 29.5. The van der Waals surface area contributed by atoms with Gasteiger partial charge < -0.3 is 20.8 Å². The van der Waals surface area contributed by atoms with Gasteiger partial charge in [-0.3, -0.25) is 0 Å². The lowest BCUT2D eigenvalue weighted by Crippen LogP contribution is -2.41. The van der Waals surface area contributed by atoms with E-state index in [9.17, 15) is 10.2 Å². The second-order valence-electron chi connectivity index (χ2n) is 4.19. The van der Waals surface area contributed by atoms with E-state index in [4.69, 9.17) is 0 Å². The standard InChI is InChI=1S/C12H18N2O2/c15-11-8-14-10(12(11)16)7-13-6-9-4-2-1-3-5-9/h1-5,10-16H,6-8H2/t10-,11-,12+/m0/s1. The fourth-order valence-electron chi connectivity index (χ4n) is 1.94. The van der Waals surface area contributed by atoms with Crippen LogP contribution < -0.4 is 10.6 Å². The fraction of sp³-hybridized carbons (Fsp3) is 0.500. The van der Waals surface area contributed by atoms with E-state index in [2.05, 4.69) is 22.8 Å². The molecule has 16 heavy (non-hydrogen) atoms. The van der Waals surface area contributed by atoms with Gasteiger partial charge in [-0.2, -0.15) is 0 Å². The molecule has 1 aromatic rings. The van der Waals surface area contributed by atoms with E-state index in [0.29, 0.717) is 13.1 Å². The van der Waals surface area contributed by atoms with Crippen molar-refractivity contribution in [1.29, 1.82) is 0 Å². The largest absolute Gasteiger partial charge is 0.389 e. The quantitative estimate of drug-likeness (QED) is 0.553. The third-order valence-electron chi connectivity index (χ3n) is 2.93. The van der Waals surface area contributed by atoms with Crippen molar-refractivity contribution in [2.24, 2.45) is 0 Å². The van der Waals surface area contributed by atoms with E-state index in [-0.39, 0.29) is 6.04 Å². The molecule has 4 N–H and O–H groups in total. The van der Waals surface area contributed by atoms with Gasteiger partial charge in [0.25, 0.3) is 0 Å². The van der Waals surface area contributed by atoms with Gasteiger partial charge in [0.05, 0.1) is 12.2 Å². The lowest BCUT2D eigenvalue weighted by Gasteiger charge is -2.16. The molecule has 1 fully saturated rings. The molecule has 1 saturated heterocycles. The van der Waals surface area contributed by atoms with Crippen LogP contribution in [0.4, 0.5) is 0 Å². The van der Waals surface area contributed by atoms with Gasteiger partial charge in [0.15, 0.2) is 0 Å². The molecule has 3 atom stereocenters. The van der Waals surface area contributed by atoms with E-state index in [0.717, 1.165) is 6.54 Å². The van der Waals surface area contributed by atoms with Gasteiger partial charge >= 0.3 is 0 Å². The number of β-amino-alcohol motifs (C(OH)–C–C–N with tert-alkyl or cyclic N) is 1. The molecule has 2 rings (SSSR count). The number of nitrogens with one attached hydrogen (secondary N) is 2. The fourth-order valence-corrected chi connectivity index (χ4v) is 1.94. The molecule has 1 aliphatic heterocycles. The molecule has 0 saturated carbocycles. The third-order valence-corrected chi connectivity index (χ3v) is 2.93. The van der Waals surface area contributed by atoms with Crippen molar-refractivity contribution >= 4 is 0 Å². The Morgan fingerprint density at radius 1 is 1.25 bits per heavy atom. The highest BCUT2D eigenvalue weighted by Crippen LogP contribution is 2.07. The van der Waals surface area contributed by atoms with Crippen LogP contribution in [0.5, 0.6) is 0 Å². The maximum absolute atomic E-state index is 9.60. The molecule has 0 radical (unpaired) electrons. The highest BCUT2D eigenvalue weighted by molar-refractivity contribution is 5.14. The Bertz CT molecular complexity index is 318. The zero-order valence-corrected chi connectivity index (χ0v) is 9.13. The summed E-state index contributed by atoms with van der Waals surface area (Å²) >= 11 is 0. The summed E-state index contributed by atoms with van der Waals surface area (Å²) in [6.07, 6.45) is -1.30. The average molecular weight is 222 g/mol. The molecule has 1 aliphatic rings. The minimum Gasteiger partial charge on any atom is -0.389 e. The summed E-state index contributed by atoms with van der Waals surface area (Å²) in [6, 6.07) is 10.1. The summed E-state index contributed by atoms with van der Waals surface area (Å²) in [5, 5.41) is 25.3. The summed E-state index contributed by atoms with van der Waals surface area (Å²) in [4.78, 5) is 0. The predicted molar refractivity (Wildman–Crippen MR) is 62.0 cm³/mol. The molecule has 0 spiro atoms. The van der Waals surface area contributed by atoms with Crippen LogP contribution in [0.25, 0.3) is 0 Å². The van der Waals surface area contributed by atoms with Crippen molar-refractivity contribution in [2.75, 3.05) is 13.1 Å². The Morgan fingerprint density at radius 3 is 2.62 bits per heavy atom. The molecule has 4 heteroatoms. The first kappa shape index (κ1) is 11.5. The van der Waals surface area contributed by atoms with Crippen molar-refractivity contribution in [1.82, 2.24) is 10.6 Å². The second-order valence-corrected chi connectivity index (χ2v) is 4.19. The molecular weight excluding hydrogens is 204 g/mol. The number of benzene rings is 1. The Hall–Kier alpha value is -0.940. The summed E-state index contributed by atoms with van der Waals surface area (Å²) in [5.41, 5.74) is 1.22. The van der Waals surface area contributed by atoms with Crippen LogP contribution >= 0.6 is 0 Å². The maximum atomic E-state index is 9.60. The monoisotopic (exact) mass is 222 g/mol. The Kier molecular flexibility index (Phi) is 3.90. The Balaban J connectivity index is 1.73. The predicted octanol–water partition coefficient (Wildman–Crippen LogP) is -0.530. The smallest absolute Gasteiger partial charge is 0.0976 e. The van der Waals surface area contributed by atoms with Crippen molar-refractivity contribution in [3.8, 4) is 0 Å². The third kappa shape index (κ3) is 2.80. The van der Waals surface area contributed by atoms with E-state index >= 15 is 0 Å². The average Bonchev–Trinajstić information content (AvgIpc) is 2.62. The summed E-state index contributed by atoms with van der Waals surface area (Å²) in [6.45, 7) is 1.91. The van der Waals surface area contributed by atoms with Gasteiger partial charge in [0.2, 0.25) is 0 Å². The lowest BCUT2D eigenvalue weighted by molar-refractivity contribution is 0.0407. The van der Waals surface area contributed by atoms with Crippen LogP contribution in [0.1, 0.15) is 5.56 Å². The minimum absolute atomic E-state index is 0.0567. The Morgan fingerprint density at radius 2 is 2.00 bits per heavy atom. The highest BCUT2D eigenvalue weighted by atomic mass is 16.3. The summed E-state index contributed by atoms with van der Waals surface area (Å²) in [5.74, 6) is 0. The Labute approximate surface area is 95.3 Å². The first-order valence-electron chi connectivity index (χ1n) is 5.61.